The molecule has 1 saturated heterocycles. The van der Waals surface area contributed by atoms with Gasteiger partial charge in [-0.25, -0.2) is 0 Å². The molecular formula is C33H31N7O. The fraction of sp³-hybridized carbons (Fsp3) is 0.273. The van der Waals surface area contributed by atoms with Crippen LogP contribution in [0, 0.1) is 0 Å². The zero-order valence-electron chi connectivity index (χ0n) is 23.3. The molecule has 3 aromatic heterocycles. The van der Waals surface area contributed by atoms with Gasteiger partial charge in [-0.05, 0) is 66.7 Å². The Balaban J connectivity index is 1.02. The van der Waals surface area contributed by atoms with Crippen molar-refractivity contribution in [2.45, 2.75) is 31.8 Å². The molecule has 8 rings (SSSR count). The van der Waals surface area contributed by atoms with E-state index >= 15 is 0 Å². The molecule has 1 atom stereocenters. The Kier molecular flexibility index (Phi) is 5.63. The van der Waals surface area contributed by atoms with E-state index in [1.165, 1.54) is 22.2 Å². The smallest absolute Gasteiger partial charge is 0.247 e. The molecule has 3 aromatic carbocycles. The van der Waals surface area contributed by atoms with Crippen molar-refractivity contribution >= 4 is 27.5 Å². The fourth-order valence-corrected chi connectivity index (χ4v) is 6.50. The minimum Gasteiger partial charge on any atom is -0.420 e. The predicted octanol–water partition coefficient (Wildman–Crippen LogP) is 5.85. The highest BCUT2D eigenvalue weighted by Gasteiger charge is 2.27. The molecule has 0 saturated carbocycles. The Bertz CT molecular complexity index is 1960. The minimum absolute atomic E-state index is 0.234. The molecule has 6 aromatic rings. The van der Waals surface area contributed by atoms with Crippen LogP contribution in [0.4, 0.5) is 0 Å². The number of aromatic nitrogens is 5. The summed E-state index contributed by atoms with van der Waals surface area (Å²) in [6, 6.07) is 23.6. The second-order valence-corrected chi connectivity index (χ2v) is 11.4. The lowest BCUT2D eigenvalue weighted by molar-refractivity contribution is 0.183. The van der Waals surface area contributed by atoms with Gasteiger partial charge in [-0.3, -0.25) is 14.6 Å². The van der Waals surface area contributed by atoms with E-state index in [-0.39, 0.29) is 5.92 Å². The predicted molar refractivity (Wildman–Crippen MR) is 160 cm³/mol. The Labute approximate surface area is 237 Å². The monoisotopic (exact) mass is 541 g/mol. The molecule has 41 heavy (non-hydrogen) atoms. The van der Waals surface area contributed by atoms with E-state index in [0.29, 0.717) is 12.4 Å². The van der Waals surface area contributed by atoms with Gasteiger partial charge in [0.1, 0.15) is 0 Å². The highest BCUT2D eigenvalue weighted by atomic mass is 16.4. The zero-order chi connectivity index (χ0) is 27.5. The number of piperidine rings is 1. The van der Waals surface area contributed by atoms with Crippen LogP contribution in [0.25, 0.3) is 33.3 Å². The van der Waals surface area contributed by atoms with Gasteiger partial charge >= 0.3 is 0 Å². The number of aryl methyl sites for hydroxylation is 2. The van der Waals surface area contributed by atoms with Gasteiger partial charge in [-0.15, -0.1) is 10.2 Å². The van der Waals surface area contributed by atoms with Crippen molar-refractivity contribution in [1.82, 2.24) is 29.4 Å². The van der Waals surface area contributed by atoms with Crippen molar-refractivity contribution in [3.8, 4) is 11.5 Å². The van der Waals surface area contributed by atoms with Gasteiger partial charge in [-0.2, -0.15) is 5.10 Å². The quantitative estimate of drug-likeness (QED) is 0.274. The molecule has 0 spiro atoms. The van der Waals surface area contributed by atoms with E-state index in [2.05, 4.69) is 98.5 Å². The lowest BCUT2D eigenvalue weighted by Gasteiger charge is -2.31. The standard InChI is InChI=1S/C33H31N7O/c1-38-18-26-14-22(11-12-29(26)37-38)31-28-16-23(9-10-24(28)17-34-31)32-35-36-33(41-32)25-7-5-13-40(19-25)20-27-15-21-6-3-4-8-30(21)39(27)2/h3-4,6,8-12,14-16,18,25H,5,7,13,17,19-20H2,1-2H3/t25-/m1/s1. The summed E-state index contributed by atoms with van der Waals surface area (Å²) in [7, 11) is 4.11. The van der Waals surface area contributed by atoms with Crippen LogP contribution in [0.3, 0.4) is 0 Å². The topological polar surface area (TPSA) is 77.3 Å². The third-order valence-electron chi connectivity index (χ3n) is 8.64. The molecule has 0 bridgehead atoms. The summed E-state index contributed by atoms with van der Waals surface area (Å²) in [6.07, 6.45) is 4.22. The van der Waals surface area contributed by atoms with Crippen molar-refractivity contribution in [2.75, 3.05) is 13.1 Å². The second kappa shape index (κ2) is 9.52. The van der Waals surface area contributed by atoms with Crippen molar-refractivity contribution < 1.29 is 4.42 Å². The molecule has 0 aliphatic carbocycles. The van der Waals surface area contributed by atoms with Crippen molar-refractivity contribution in [3.05, 3.63) is 101 Å². The Morgan fingerprint density at radius 3 is 2.76 bits per heavy atom. The normalized spacial score (nSPS) is 17.4. The number of nitrogens with zero attached hydrogens (tertiary/aromatic N) is 7. The Morgan fingerprint density at radius 1 is 0.927 bits per heavy atom. The average molecular weight is 542 g/mol. The fourth-order valence-electron chi connectivity index (χ4n) is 6.50. The summed E-state index contributed by atoms with van der Waals surface area (Å²) < 4.78 is 10.5. The number of likely N-dealkylation sites (tertiary alicyclic amines) is 1. The van der Waals surface area contributed by atoms with Crippen molar-refractivity contribution in [3.63, 3.8) is 0 Å². The molecule has 8 nitrogen and oxygen atoms in total. The maximum absolute atomic E-state index is 6.34. The highest BCUT2D eigenvalue weighted by molar-refractivity contribution is 6.16. The summed E-state index contributed by atoms with van der Waals surface area (Å²) in [5, 5.41) is 15.9. The summed E-state index contributed by atoms with van der Waals surface area (Å²) in [6.45, 7) is 3.60. The number of hydrogen-bond donors (Lipinski definition) is 0. The molecule has 2 aliphatic rings. The van der Waals surface area contributed by atoms with Crippen LogP contribution in [0.15, 0.2) is 82.3 Å². The number of fused-ring (bicyclic) bond motifs is 3. The van der Waals surface area contributed by atoms with E-state index < -0.39 is 0 Å². The number of aliphatic imine (C=N–C) groups is 1. The second-order valence-electron chi connectivity index (χ2n) is 11.4. The maximum Gasteiger partial charge on any atom is 0.247 e. The van der Waals surface area contributed by atoms with Crippen molar-refractivity contribution in [1.29, 1.82) is 0 Å². The van der Waals surface area contributed by atoms with Crippen LogP contribution >= 0.6 is 0 Å². The van der Waals surface area contributed by atoms with Crippen LogP contribution in [0.1, 0.15) is 47.0 Å². The molecule has 8 heteroatoms. The number of hydrogen-bond acceptors (Lipinski definition) is 6. The molecule has 204 valence electrons. The molecule has 2 aliphatic heterocycles. The number of rotatable bonds is 5. The van der Waals surface area contributed by atoms with Gasteiger partial charge in [0.05, 0.1) is 23.7 Å². The largest absolute Gasteiger partial charge is 0.420 e. The average Bonchev–Trinajstić information content (AvgIpc) is 3.78. The van der Waals surface area contributed by atoms with E-state index in [0.717, 1.165) is 71.7 Å². The zero-order valence-corrected chi connectivity index (χ0v) is 23.3. The molecule has 0 unspecified atom stereocenters. The lowest BCUT2D eigenvalue weighted by Crippen LogP contribution is -2.34. The first-order valence-electron chi connectivity index (χ1n) is 14.3. The third kappa shape index (κ3) is 4.26. The number of benzene rings is 3. The summed E-state index contributed by atoms with van der Waals surface area (Å²) in [4.78, 5) is 7.40. The van der Waals surface area contributed by atoms with E-state index in [1.807, 2.05) is 17.9 Å². The molecule has 1 fully saturated rings. The molecule has 0 N–H and O–H groups in total. The van der Waals surface area contributed by atoms with Gasteiger partial charge in [0, 0.05) is 66.7 Å². The van der Waals surface area contributed by atoms with Crippen molar-refractivity contribution in [2.24, 2.45) is 19.1 Å². The summed E-state index contributed by atoms with van der Waals surface area (Å²) >= 11 is 0. The van der Waals surface area contributed by atoms with Gasteiger partial charge in [0.15, 0.2) is 0 Å². The van der Waals surface area contributed by atoms with E-state index in [1.54, 1.807) is 0 Å². The van der Waals surface area contributed by atoms with Crippen LogP contribution in [-0.4, -0.2) is 48.2 Å². The first-order valence-corrected chi connectivity index (χ1v) is 14.3. The van der Waals surface area contributed by atoms with Crippen LogP contribution in [0.5, 0.6) is 0 Å². The van der Waals surface area contributed by atoms with Crippen LogP contribution in [0.2, 0.25) is 0 Å². The minimum atomic E-state index is 0.234. The third-order valence-corrected chi connectivity index (χ3v) is 8.64. The Hall–Kier alpha value is -4.56. The molecule has 5 heterocycles. The number of para-hydroxylation sites is 1. The van der Waals surface area contributed by atoms with Gasteiger partial charge in [0.25, 0.3) is 0 Å². The van der Waals surface area contributed by atoms with Crippen LogP contribution < -0.4 is 0 Å². The summed E-state index contributed by atoms with van der Waals surface area (Å²) in [5.41, 5.74) is 8.97. The van der Waals surface area contributed by atoms with E-state index in [4.69, 9.17) is 9.41 Å². The highest BCUT2D eigenvalue weighted by Crippen LogP contribution is 2.32. The van der Waals surface area contributed by atoms with Gasteiger partial charge in [-0.1, -0.05) is 30.3 Å². The first-order chi connectivity index (χ1) is 20.1. The lowest BCUT2D eigenvalue weighted by atomic mass is 9.97. The molecular weight excluding hydrogens is 510 g/mol. The van der Waals surface area contributed by atoms with Crippen LogP contribution in [-0.2, 0) is 27.2 Å². The van der Waals surface area contributed by atoms with Gasteiger partial charge in [0.2, 0.25) is 11.8 Å². The Morgan fingerprint density at radius 2 is 1.83 bits per heavy atom. The van der Waals surface area contributed by atoms with E-state index in [9.17, 15) is 0 Å². The molecule has 0 amide bonds. The first kappa shape index (κ1) is 24.3. The SMILES string of the molecule is Cn1cc2cc(C3=NCc4ccc(-c5nnc([C@@H]6CCCN(Cc7cc8ccccc8n7C)C6)o5)cc43)ccc2n1. The summed E-state index contributed by atoms with van der Waals surface area (Å²) in [5.74, 6) is 1.54. The maximum atomic E-state index is 6.34. The van der Waals surface area contributed by atoms with Gasteiger partial charge < -0.3 is 8.98 Å². The molecule has 0 radical (unpaired) electrons.